The number of nitrogens with zero attached hydrogens (tertiary/aromatic N) is 15. The van der Waals surface area contributed by atoms with Gasteiger partial charge in [-0.2, -0.15) is 0 Å². The molecule has 0 aliphatic heterocycles. The molecular formula is C95H136N16O16. The average Bonchev–Trinajstić information content (AvgIpc) is 1.57. The van der Waals surface area contributed by atoms with Gasteiger partial charge in [-0.3, -0.25) is 42.8 Å². The van der Waals surface area contributed by atoms with Crippen LogP contribution in [0.4, 0.5) is 0 Å². The van der Waals surface area contributed by atoms with Gasteiger partial charge in [0.2, 0.25) is 35.4 Å². The van der Waals surface area contributed by atoms with E-state index in [2.05, 4.69) is 75.2 Å². The minimum absolute atomic E-state index is 0.0149. The summed E-state index contributed by atoms with van der Waals surface area (Å²) in [6.45, 7) is 8.41. The molecule has 9 aliphatic rings. The molecule has 15 unspecified atom stereocenters. The molecule has 0 bridgehead atoms. The predicted octanol–water partition coefficient (Wildman–Crippen LogP) is 7.55. The fourth-order valence-corrected chi connectivity index (χ4v) is 25.4. The molecule has 32 nitrogen and oxygen atoms in total. The highest BCUT2D eigenvalue weighted by Gasteiger charge is 2.66. The van der Waals surface area contributed by atoms with Crippen molar-refractivity contribution in [1.29, 1.82) is 0 Å². The van der Waals surface area contributed by atoms with E-state index in [-0.39, 0.29) is 114 Å². The van der Waals surface area contributed by atoms with Crippen LogP contribution in [-0.4, -0.2) is 287 Å². The average molecular weight is 1760 g/mol. The van der Waals surface area contributed by atoms with Crippen molar-refractivity contribution in [2.45, 2.75) is 217 Å². The topological polar surface area (TPSA) is 384 Å². The largest absolute Gasteiger partial charge is 0.508 e. The Morgan fingerprint density at radius 2 is 0.701 bits per heavy atom. The van der Waals surface area contributed by atoms with E-state index in [4.69, 9.17) is 18.9 Å². The summed E-state index contributed by atoms with van der Waals surface area (Å²) in [6.07, 6.45) is 22.0. The lowest BCUT2D eigenvalue weighted by atomic mass is 9.53. The molecule has 9 aliphatic carbocycles. The number of carbonyl (C=O) groups excluding carboxylic acids is 6. The van der Waals surface area contributed by atoms with E-state index in [9.17, 15) is 49.8 Å². The van der Waals surface area contributed by atoms with Gasteiger partial charge in [-0.1, -0.05) is 54.6 Å². The minimum Gasteiger partial charge on any atom is -0.508 e. The van der Waals surface area contributed by atoms with Crippen molar-refractivity contribution in [3.63, 3.8) is 0 Å². The molecule has 0 saturated heterocycles. The summed E-state index contributed by atoms with van der Waals surface area (Å²) in [5.74, 6) is 0.992. The third kappa shape index (κ3) is 18.5. The van der Waals surface area contributed by atoms with E-state index in [0.29, 0.717) is 141 Å². The highest BCUT2D eigenvalue weighted by atomic mass is 16.5. The molecule has 15 atom stereocenters. The Hall–Kier alpha value is -9.02. The van der Waals surface area contributed by atoms with Crippen LogP contribution in [0.5, 0.6) is 17.2 Å². The molecule has 6 fully saturated rings. The van der Waals surface area contributed by atoms with Crippen LogP contribution < -0.4 is 5.32 Å². The first-order chi connectivity index (χ1) is 61.1. The number of phenols is 3. The Balaban J connectivity index is 0.585. The summed E-state index contributed by atoms with van der Waals surface area (Å²) in [6, 6.07) is 17.3. The number of methoxy groups -OCH3 is 4. The zero-order valence-electron chi connectivity index (χ0n) is 75.8. The molecular weight excluding hydrogens is 1620 g/mol. The van der Waals surface area contributed by atoms with Gasteiger partial charge in [0.25, 0.3) is 0 Å². The summed E-state index contributed by atoms with van der Waals surface area (Å²) in [7, 11) is 5.93. The molecule has 3 aromatic heterocycles. The maximum atomic E-state index is 15.3. The number of nitrogens with one attached hydrogen (secondary N) is 1. The Bertz CT molecular complexity index is 4870. The van der Waals surface area contributed by atoms with Crippen LogP contribution in [0.3, 0.4) is 0 Å². The lowest BCUT2D eigenvalue weighted by Crippen LogP contribution is -2.53. The second-order valence-corrected chi connectivity index (χ2v) is 38.8. The lowest BCUT2D eigenvalue weighted by Gasteiger charge is -2.52. The lowest BCUT2D eigenvalue weighted by molar-refractivity contribution is -0.148. The fourth-order valence-electron chi connectivity index (χ4n) is 25.4. The molecule has 692 valence electrons. The van der Waals surface area contributed by atoms with Crippen LogP contribution in [0.2, 0.25) is 0 Å². The van der Waals surface area contributed by atoms with E-state index in [0.717, 1.165) is 96.3 Å². The molecule has 15 rings (SSSR count). The van der Waals surface area contributed by atoms with Crippen molar-refractivity contribution in [3.8, 4) is 17.2 Å². The number of likely N-dealkylation sites (N-methyl/N-ethyl adjacent to an activating group) is 1. The number of rotatable bonds is 40. The van der Waals surface area contributed by atoms with Gasteiger partial charge in [0.1, 0.15) is 51.1 Å². The Labute approximate surface area is 745 Å². The van der Waals surface area contributed by atoms with E-state index < -0.39 is 77.4 Å². The molecule has 7 N–H and O–H groups in total. The highest BCUT2D eigenvalue weighted by molar-refractivity contribution is 5.92. The summed E-state index contributed by atoms with van der Waals surface area (Å²) in [5, 5.41) is 99.8. The molecule has 0 spiro atoms. The van der Waals surface area contributed by atoms with Gasteiger partial charge in [0.15, 0.2) is 0 Å². The number of aromatic hydroxyl groups is 3. The number of benzene rings is 3. The third-order valence-electron chi connectivity index (χ3n) is 32.5. The zero-order chi connectivity index (χ0) is 89.7. The van der Waals surface area contributed by atoms with Gasteiger partial charge < -0.3 is 84.3 Å². The van der Waals surface area contributed by atoms with Crippen molar-refractivity contribution in [2.75, 3.05) is 146 Å². The smallest absolute Gasteiger partial charge is 0.242 e. The summed E-state index contributed by atoms with van der Waals surface area (Å²) in [4.78, 5) is 97.2. The standard InChI is InChI=1S/C95H136N16O16/c1-9-103(38-11-41-110-56-82(98-101-110)94(122)35-29-79-76-20-14-64-52-67(113)17-23-70(64)73(76)26-32-91(79,94)3)85(116)58-106(44-48-125-6)89(120)62-108(46-50-127-8)87(118)59-104(39-12-42-111-57-83(99-102-111)95(123)36-30-80-77-21-15-65-53-68(114)18-24-71(65)74(77)27-33-92(80,95)4)86(117)61-107(45-49-126-7)88(119)60-105(43-47-124-5)84(115)54-96-37-10-40-109-55-81(97-100-109)93(121)34-28-78-75-19-13-63-51-66(112)16-22-69(63)72(75)25-31-90(78,93)2/h16-18,22-24,51-53,55-57,72-80,96,112-114,121-123H,9-15,19-21,25-50,54,58-62H2,1-8H3. The van der Waals surface area contributed by atoms with Gasteiger partial charge in [-0.25, -0.2) is 0 Å². The summed E-state index contributed by atoms with van der Waals surface area (Å²) < 4.78 is 27.0. The zero-order valence-corrected chi connectivity index (χ0v) is 75.8. The van der Waals surface area contributed by atoms with Gasteiger partial charge >= 0.3 is 0 Å². The number of fused-ring (bicyclic) bond motifs is 15. The van der Waals surface area contributed by atoms with E-state index in [1.807, 2.05) is 37.5 Å². The fraction of sp³-hybridized carbons (Fsp3) is 0.684. The molecule has 127 heavy (non-hydrogen) atoms. The van der Waals surface area contributed by atoms with Gasteiger partial charge in [0, 0.05) is 110 Å². The molecule has 0 radical (unpaired) electrons. The maximum absolute atomic E-state index is 15.3. The number of aryl methyl sites for hydroxylation is 6. The van der Waals surface area contributed by atoms with Crippen LogP contribution in [0.1, 0.15) is 211 Å². The Kier molecular flexibility index (Phi) is 28.7. The van der Waals surface area contributed by atoms with Crippen molar-refractivity contribution in [1.82, 2.24) is 79.7 Å². The van der Waals surface area contributed by atoms with Crippen molar-refractivity contribution >= 4 is 35.4 Å². The number of carbonyl (C=O) groups is 6. The van der Waals surface area contributed by atoms with Crippen molar-refractivity contribution in [3.05, 3.63) is 124 Å². The predicted molar refractivity (Wildman–Crippen MR) is 469 cm³/mol. The number of hydrogen-bond donors (Lipinski definition) is 7. The highest BCUT2D eigenvalue weighted by Crippen LogP contribution is 2.70. The normalized spacial score (nSPS) is 28.2. The number of ether oxygens (including phenoxy) is 4. The van der Waals surface area contributed by atoms with Crippen molar-refractivity contribution in [2.24, 2.45) is 51.8 Å². The second-order valence-electron chi connectivity index (χ2n) is 38.8. The van der Waals surface area contributed by atoms with Crippen LogP contribution in [-0.2, 0) is 103 Å². The monoisotopic (exact) mass is 1760 g/mol. The Morgan fingerprint density at radius 1 is 0.402 bits per heavy atom. The van der Waals surface area contributed by atoms with Crippen molar-refractivity contribution < 1.29 is 78.4 Å². The van der Waals surface area contributed by atoms with Gasteiger partial charge in [-0.15, -0.1) is 15.3 Å². The number of hydrogen-bond acceptors (Lipinski definition) is 23. The number of phenolic OH excluding ortho intramolecular Hbond substituents is 3. The number of amides is 6. The molecule has 6 saturated carbocycles. The van der Waals surface area contributed by atoms with Crippen LogP contribution in [0, 0.1) is 51.8 Å². The first kappa shape index (κ1) is 92.7. The van der Waals surface area contributed by atoms with Crippen LogP contribution in [0.15, 0.2) is 73.2 Å². The van der Waals surface area contributed by atoms with Gasteiger partial charge in [0.05, 0.1) is 84.3 Å². The van der Waals surface area contributed by atoms with Crippen LogP contribution >= 0.6 is 0 Å². The molecule has 6 aromatic rings. The van der Waals surface area contributed by atoms with E-state index >= 15 is 9.59 Å². The minimum atomic E-state index is -1.27. The summed E-state index contributed by atoms with van der Waals surface area (Å²) >= 11 is 0. The maximum Gasteiger partial charge on any atom is 0.242 e. The Morgan fingerprint density at radius 3 is 1.02 bits per heavy atom. The molecule has 6 amide bonds. The van der Waals surface area contributed by atoms with E-state index in [1.54, 1.807) is 43.3 Å². The molecule has 3 heterocycles. The number of aromatic nitrogens is 9. The quantitative estimate of drug-likeness (QED) is 0.0182. The SMILES string of the molecule is CCN(CCCn1cc(C2(O)CCC3C4CCc5cc(O)ccc5C4CCC32C)nn1)C(=O)CN(CCOC)C(=O)CN(CCOC)C(=O)CN(CCCn1cc(C2(O)CCC3C4CCc5cc(O)ccc5C4CCC32C)nn1)C(=O)CN(CCOC)C(=O)CN(CCOC)C(=O)CNCCCn1cc(C2(O)CCC3C4CCc5cc(O)ccc5C4CCC32C)nn1. The molecule has 3 aromatic carbocycles. The summed E-state index contributed by atoms with van der Waals surface area (Å²) in [5.41, 5.74) is 4.37. The first-order valence-corrected chi connectivity index (χ1v) is 46.8. The van der Waals surface area contributed by atoms with Crippen LogP contribution in [0.25, 0.3) is 0 Å². The van der Waals surface area contributed by atoms with Gasteiger partial charge in [-0.05, 0) is 271 Å². The second kappa shape index (κ2) is 39.3. The third-order valence-corrected chi connectivity index (χ3v) is 32.5. The number of aliphatic hydroxyl groups is 3. The molecule has 32 heteroatoms. The first-order valence-electron chi connectivity index (χ1n) is 46.8. The van der Waals surface area contributed by atoms with E-state index in [1.165, 1.54) is 86.3 Å².